The molecule has 0 aliphatic heterocycles. The van der Waals surface area contributed by atoms with Crippen LogP contribution in [0.25, 0.3) is 6.08 Å². The zero-order valence-electron chi connectivity index (χ0n) is 12.3. The molecule has 2 unspecified atom stereocenters. The van der Waals surface area contributed by atoms with Gasteiger partial charge in [0.1, 0.15) is 0 Å². The van der Waals surface area contributed by atoms with Gasteiger partial charge in [-0.3, -0.25) is 9.09 Å². The first kappa shape index (κ1) is 17.2. The fourth-order valence-corrected chi connectivity index (χ4v) is 2.97. The number of hydrogen-bond donors (Lipinski definition) is 2. The fraction of sp³-hybridized carbons (Fsp3) is 0.118. The molecule has 2 atom stereocenters. The van der Waals surface area contributed by atoms with Crippen molar-refractivity contribution in [3.63, 3.8) is 0 Å². The Morgan fingerprint density at radius 3 is 2.22 bits per heavy atom. The molecule has 5 nitrogen and oxygen atoms in total. The summed E-state index contributed by atoms with van der Waals surface area (Å²) in [4.78, 5) is 21.2. The van der Waals surface area contributed by atoms with E-state index >= 15 is 0 Å². The zero-order chi connectivity index (χ0) is 16.7. The van der Waals surface area contributed by atoms with Gasteiger partial charge in [0.05, 0.1) is 6.16 Å². The quantitative estimate of drug-likeness (QED) is 0.755. The van der Waals surface area contributed by atoms with Crippen molar-refractivity contribution in [1.29, 1.82) is 0 Å². The standard InChI is InChI=1S/C17H17O5P/c18-17(19)16(15-11-5-2-6-12-15)22-23(20,21)13-7-10-14-8-3-1-4-9-14/h1-12,16H,13H2,(H,18,19)(H,20,21). The zero-order valence-corrected chi connectivity index (χ0v) is 13.2. The highest BCUT2D eigenvalue weighted by Crippen LogP contribution is 2.47. The van der Waals surface area contributed by atoms with E-state index in [0.717, 1.165) is 5.56 Å². The Morgan fingerprint density at radius 1 is 1.09 bits per heavy atom. The van der Waals surface area contributed by atoms with Crippen LogP contribution in [0.5, 0.6) is 0 Å². The van der Waals surface area contributed by atoms with Crippen LogP contribution in [0.4, 0.5) is 0 Å². The van der Waals surface area contributed by atoms with Crippen LogP contribution in [-0.4, -0.2) is 22.1 Å². The summed E-state index contributed by atoms with van der Waals surface area (Å²) in [6.45, 7) is 0. The summed E-state index contributed by atoms with van der Waals surface area (Å²) in [5.41, 5.74) is 1.20. The van der Waals surface area contributed by atoms with Crippen LogP contribution < -0.4 is 0 Å². The van der Waals surface area contributed by atoms with Crippen LogP contribution in [0.3, 0.4) is 0 Å². The van der Waals surface area contributed by atoms with Crippen molar-refractivity contribution in [3.05, 3.63) is 77.9 Å². The third-order valence-electron chi connectivity index (χ3n) is 3.04. The third-order valence-corrected chi connectivity index (χ3v) is 4.26. The maximum atomic E-state index is 12.1. The lowest BCUT2D eigenvalue weighted by atomic mass is 10.1. The molecule has 0 spiro atoms. The Morgan fingerprint density at radius 2 is 1.65 bits per heavy atom. The number of hydrogen-bond acceptors (Lipinski definition) is 3. The average Bonchev–Trinajstić information content (AvgIpc) is 2.54. The minimum absolute atomic E-state index is 0.265. The molecule has 120 valence electrons. The molecule has 2 aromatic rings. The summed E-state index contributed by atoms with van der Waals surface area (Å²) in [6.07, 6.45) is 1.44. The molecule has 2 rings (SSSR count). The maximum absolute atomic E-state index is 12.1. The predicted molar refractivity (Wildman–Crippen MR) is 88.1 cm³/mol. The van der Waals surface area contributed by atoms with Crippen LogP contribution in [0.1, 0.15) is 17.2 Å². The Labute approximate surface area is 134 Å². The number of carboxylic acid groups (broad SMARTS) is 1. The van der Waals surface area contributed by atoms with Gasteiger partial charge in [-0.15, -0.1) is 0 Å². The van der Waals surface area contributed by atoms with Gasteiger partial charge in [-0.25, -0.2) is 4.79 Å². The molecular weight excluding hydrogens is 315 g/mol. The van der Waals surface area contributed by atoms with Gasteiger partial charge in [-0.2, -0.15) is 0 Å². The van der Waals surface area contributed by atoms with Crippen LogP contribution in [-0.2, 0) is 13.9 Å². The van der Waals surface area contributed by atoms with Crippen molar-refractivity contribution in [2.75, 3.05) is 6.16 Å². The SMILES string of the molecule is O=C(O)C(OP(=O)(O)CC=Cc1ccccc1)c1ccccc1. The lowest BCUT2D eigenvalue weighted by Gasteiger charge is -2.17. The van der Waals surface area contributed by atoms with Gasteiger partial charge in [0, 0.05) is 0 Å². The smallest absolute Gasteiger partial charge is 0.338 e. The molecule has 0 aliphatic carbocycles. The van der Waals surface area contributed by atoms with E-state index in [2.05, 4.69) is 0 Å². The first-order valence-corrected chi connectivity index (χ1v) is 8.74. The molecule has 0 fully saturated rings. The summed E-state index contributed by atoms with van der Waals surface area (Å²) in [5, 5.41) is 9.22. The first-order valence-electron chi connectivity index (χ1n) is 6.97. The molecule has 0 amide bonds. The van der Waals surface area contributed by atoms with Crippen LogP contribution in [0.15, 0.2) is 66.7 Å². The molecule has 0 heterocycles. The second-order valence-electron chi connectivity index (χ2n) is 4.87. The molecule has 0 saturated heterocycles. The first-order chi connectivity index (χ1) is 11.0. The van der Waals surface area contributed by atoms with Crippen LogP contribution in [0, 0.1) is 0 Å². The molecule has 2 aromatic carbocycles. The number of allylic oxidation sites excluding steroid dienone is 1. The summed E-state index contributed by atoms with van der Waals surface area (Å²) in [6, 6.07) is 17.4. The number of carboxylic acids is 1. The Balaban J connectivity index is 2.05. The van der Waals surface area contributed by atoms with Crippen molar-refractivity contribution in [2.45, 2.75) is 6.10 Å². The average molecular weight is 332 g/mol. The van der Waals surface area contributed by atoms with Gasteiger partial charge >= 0.3 is 13.6 Å². The van der Waals surface area contributed by atoms with E-state index in [0.29, 0.717) is 5.56 Å². The second-order valence-corrected chi connectivity index (χ2v) is 6.72. The lowest BCUT2D eigenvalue weighted by molar-refractivity contribution is -0.145. The molecule has 23 heavy (non-hydrogen) atoms. The molecule has 0 saturated carbocycles. The van der Waals surface area contributed by atoms with E-state index in [1.54, 1.807) is 36.4 Å². The topological polar surface area (TPSA) is 83.8 Å². The van der Waals surface area contributed by atoms with Gasteiger partial charge in [0.2, 0.25) is 0 Å². The maximum Gasteiger partial charge on any atom is 0.338 e. The van der Waals surface area contributed by atoms with E-state index < -0.39 is 19.7 Å². The number of carbonyl (C=O) groups is 1. The number of benzene rings is 2. The highest BCUT2D eigenvalue weighted by Gasteiger charge is 2.29. The van der Waals surface area contributed by atoms with E-state index in [-0.39, 0.29) is 6.16 Å². The molecule has 0 aromatic heterocycles. The molecule has 0 aliphatic rings. The third kappa shape index (κ3) is 5.49. The van der Waals surface area contributed by atoms with Gasteiger partial charge in [0.15, 0.2) is 6.10 Å². The molecule has 6 heteroatoms. The summed E-state index contributed by atoms with van der Waals surface area (Å²) >= 11 is 0. The highest BCUT2D eigenvalue weighted by molar-refractivity contribution is 7.53. The second kappa shape index (κ2) is 7.88. The van der Waals surface area contributed by atoms with Gasteiger partial charge in [0.25, 0.3) is 0 Å². The summed E-state index contributed by atoms with van der Waals surface area (Å²) < 4.78 is 17.1. The van der Waals surface area contributed by atoms with E-state index in [4.69, 9.17) is 4.52 Å². The van der Waals surface area contributed by atoms with E-state index in [9.17, 15) is 19.4 Å². The van der Waals surface area contributed by atoms with Crippen LogP contribution in [0.2, 0.25) is 0 Å². The largest absolute Gasteiger partial charge is 0.479 e. The van der Waals surface area contributed by atoms with E-state index in [1.807, 2.05) is 30.3 Å². The van der Waals surface area contributed by atoms with Crippen molar-refractivity contribution >= 4 is 19.6 Å². The Kier molecular flexibility index (Phi) is 5.88. The monoisotopic (exact) mass is 332 g/mol. The lowest BCUT2D eigenvalue weighted by Crippen LogP contribution is -2.14. The van der Waals surface area contributed by atoms with Gasteiger partial charge < -0.3 is 10.00 Å². The number of aliphatic carboxylic acids is 1. The summed E-state index contributed by atoms with van der Waals surface area (Å²) in [7, 11) is -4.07. The minimum Gasteiger partial charge on any atom is -0.479 e. The van der Waals surface area contributed by atoms with E-state index in [1.165, 1.54) is 6.08 Å². The van der Waals surface area contributed by atoms with Gasteiger partial charge in [-0.1, -0.05) is 72.8 Å². The highest BCUT2D eigenvalue weighted by atomic mass is 31.2. The van der Waals surface area contributed by atoms with Crippen molar-refractivity contribution in [1.82, 2.24) is 0 Å². The molecular formula is C17H17O5P. The van der Waals surface area contributed by atoms with Gasteiger partial charge in [-0.05, 0) is 11.1 Å². The van der Waals surface area contributed by atoms with Crippen molar-refractivity contribution in [2.24, 2.45) is 0 Å². The summed E-state index contributed by atoms with van der Waals surface area (Å²) in [5.74, 6) is -1.31. The fourth-order valence-electron chi connectivity index (χ4n) is 1.97. The normalized spacial score (nSPS) is 15.2. The molecule has 0 bridgehead atoms. The van der Waals surface area contributed by atoms with Crippen molar-refractivity contribution in [3.8, 4) is 0 Å². The predicted octanol–water partition coefficient (Wildman–Crippen LogP) is 3.73. The molecule has 2 N–H and O–H groups in total. The Hall–Kier alpha value is -2.20. The van der Waals surface area contributed by atoms with Crippen molar-refractivity contribution < 1.29 is 23.9 Å². The molecule has 0 radical (unpaired) electrons. The number of rotatable bonds is 7. The minimum atomic E-state index is -4.07. The Bertz CT molecular complexity index is 712. The van der Waals surface area contributed by atoms with Crippen LogP contribution >= 0.6 is 7.60 Å².